The van der Waals surface area contributed by atoms with Gasteiger partial charge >= 0.3 is 0 Å². The van der Waals surface area contributed by atoms with Crippen LogP contribution in [-0.2, 0) is 11.2 Å². The van der Waals surface area contributed by atoms with Crippen molar-refractivity contribution in [2.75, 3.05) is 7.11 Å². The summed E-state index contributed by atoms with van der Waals surface area (Å²) in [7, 11) is 1.79. The first-order valence-electron chi connectivity index (χ1n) is 6.21. The van der Waals surface area contributed by atoms with Crippen LogP contribution in [0.25, 0.3) is 5.76 Å². The highest BCUT2D eigenvalue weighted by molar-refractivity contribution is 5.71. The maximum atomic E-state index is 5.56. The summed E-state index contributed by atoms with van der Waals surface area (Å²) in [5.74, 6) is 1.13. The van der Waals surface area contributed by atoms with Crippen LogP contribution >= 0.6 is 0 Å². The average molecular weight is 216 g/mol. The van der Waals surface area contributed by atoms with Gasteiger partial charge in [0.1, 0.15) is 5.76 Å². The van der Waals surface area contributed by atoms with E-state index in [-0.39, 0.29) is 0 Å². The molecule has 1 aliphatic rings. The maximum absolute atomic E-state index is 5.56. The molecule has 0 fully saturated rings. The molecule has 0 saturated carbocycles. The Hall–Kier alpha value is -1.24. The van der Waals surface area contributed by atoms with Gasteiger partial charge in [-0.1, -0.05) is 44.0 Å². The van der Waals surface area contributed by atoms with Crippen LogP contribution in [0.5, 0.6) is 0 Å². The molecule has 0 aliphatic heterocycles. The number of hydrogen-bond acceptors (Lipinski definition) is 1. The number of unbranched alkanes of at least 4 members (excludes halogenated alkanes) is 2. The highest BCUT2D eigenvalue weighted by Crippen LogP contribution is 2.35. The molecule has 0 atom stereocenters. The Labute approximate surface area is 98.1 Å². The second-order valence-electron chi connectivity index (χ2n) is 4.43. The minimum Gasteiger partial charge on any atom is -0.496 e. The third kappa shape index (κ3) is 2.13. The van der Waals surface area contributed by atoms with Gasteiger partial charge in [0.05, 0.1) is 7.11 Å². The van der Waals surface area contributed by atoms with Crippen LogP contribution in [0, 0.1) is 0 Å². The summed E-state index contributed by atoms with van der Waals surface area (Å²) in [6, 6.07) is 8.58. The lowest BCUT2D eigenvalue weighted by Gasteiger charge is -2.06. The molecule has 1 aromatic carbocycles. The van der Waals surface area contributed by atoms with Crippen LogP contribution in [0.2, 0.25) is 0 Å². The first-order chi connectivity index (χ1) is 7.86. The van der Waals surface area contributed by atoms with Crippen molar-refractivity contribution in [1.82, 2.24) is 0 Å². The van der Waals surface area contributed by atoms with Crippen LogP contribution in [0.3, 0.4) is 0 Å². The molecule has 0 spiro atoms. The number of hydrogen-bond donors (Lipinski definition) is 0. The molecule has 0 N–H and O–H groups in total. The molecule has 1 aliphatic carbocycles. The van der Waals surface area contributed by atoms with Crippen molar-refractivity contribution in [3.05, 3.63) is 41.0 Å². The summed E-state index contributed by atoms with van der Waals surface area (Å²) in [5.41, 5.74) is 4.21. The van der Waals surface area contributed by atoms with Crippen LogP contribution in [0.1, 0.15) is 43.7 Å². The molecule has 0 saturated heterocycles. The fraction of sp³-hybridized carbons (Fsp3) is 0.467. The highest BCUT2D eigenvalue weighted by Gasteiger charge is 2.20. The lowest BCUT2D eigenvalue weighted by molar-refractivity contribution is 0.367. The second-order valence-corrected chi connectivity index (χ2v) is 4.43. The van der Waals surface area contributed by atoms with Crippen molar-refractivity contribution in [2.24, 2.45) is 0 Å². The molecule has 16 heavy (non-hydrogen) atoms. The van der Waals surface area contributed by atoms with Crippen molar-refractivity contribution < 1.29 is 4.74 Å². The van der Waals surface area contributed by atoms with Gasteiger partial charge in [0.15, 0.2) is 0 Å². The Bertz CT molecular complexity index is 390. The van der Waals surface area contributed by atoms with Crippen molar-refractivity contribution in [3.63, 3.8) is 0 Å². The average Bonchev–Trinajstić information content (AvgIpc) is 2.67. The molecule has 0 aromatic heterocycles. The number of fused-ring (bicyclic) bond motifs is 1. The van der Waals surface area contributed by atoms with E-state index < -0.39 is 0 Å². The molecule has 0 bridgehead atoms. The fourth-order valence-corrected chi connectivity index (χ4v) is 2.44. The first kappa shape index (κ1) is 11.3. The van der Waals surface area contributed by atoms with Crippen LogP contribution in [0.15, 0.2) is 29.8 Å². The van der Waals surface area contributed by atoms with Gasteiger partial charge in [-0.25, -0.2) is 0 Å². The van der Waals surface area contributed by atoms with Gasteiger partial charge in [-0.3, -0.25) is 0 Å². The quantitative estimate of drug-likeness (QED) is 0.671. The molecular weight excluding hydrogens is 196 g/mol. The van der Waals surface area contributed by atoms with E-state index >= 15 is 0 Å². The minimum absolute atomic E-state index is 1.09. The lowest BCUT2D eigenvalue weighted by atomic mass is 10.1. The molecule has 1 heteroatoms. The van der Waals surface area contributed by atoms with Crippen LogP contribution in [0.4, 0.5) is 0 Å². The maximum Gasteiger partial charge on any atom is 0.125 e. The van der Waals surface area contributed by atoms with Crippen molar-refractivity contribution in [2.45, 2.75) is 39.0 Å². The highest BCUT2D eigenvalue weighted by atomic mass is 16.5. The molecule has 1 nitrogen and oxygen atoms in total. The van der Waals surface area contributed by atoms with E-state index in [1.165, 1.54) is 42.4 Å². The van der Waals surface area contributed by atoms with Crippen LogP contribution < -0.4 is 0 Å². The van der Waals surface area contributed by atoms with E-state index in [4.69, 9.17) is 4.74 Å². The topological polar surface area (TPSA) is 9.23 Å². The Kier molecular flexibility index (Phi) is 3.66. The third-order valence-corrected chi connectivity index (χ3v) is 3.27. The predicted molar refractivity (Wildman–Crippen MR) is 68.2 cm³/mol. The zero-order valence-electron chi connectivity index (χ0n) is 10.3. The molecular formula is C15H20O. The van der Waals surface area contributed by atoms with Gasteiger partial charge in [0, 0.05) is 5.56 Å². The predicted octanol–water partition coefficient (Wildman–Crippen LogP) is 4.18. The number of rotatable bonds is 5. The van der Waals surface area contributed by atoms with E-state index in [1.807, 2.05) is 0 Å². The largest absolute Gasteiger partial charge is 0.496 e. The lowest BCUT2D eigenvalue weighted by Crippen LogP contribution is -1.88. The van der Waals surface area contributed by atoms with E-state index in [0.29, 0.717) is 0 Å². The summed E-state index contributed by atoms with van der Waals surface area (Å²) < 4.78 is 5.56. The summed E-state index contributed by atoms with van der Waals surface area (Å²) in [6.07, 6.45) is 6.15. The van der Waals surface area contributed by atoms with E-state index in [9.17, 15) is 0 Å². The van der Waals surface area contributed by atoms with Gasteiger partial charge in [-0.05, 0) is 30.4 Å². The van der Waals surface area contributed by atoms with E-state index in [2.05, 4.69) is 31.2 Å². The number of benzene rings is 1. The zero-order chi connectivity index (χ0) is 11.4. The second kappa shape index (κ2) is 5.20. The summed E-state index contributed by atoms with van der Waals surface area (Å²) in [5, 5.41) is 0. The Morgan fingerprint density at radius 3 is 2.75 bits per heavy atom. The normalized spacial score (nSPS) is 14.1. The molecule has 1 aromatic rings. The number of ether oxygens (including phenoxy) is 1. The van der Waals surface area contributed by atoms with Crippen molar-refractivity contribution in [3.8, 4) is 0 Å². The molecule has 2 rings (SSSR count). The zero-order valence-corrected chi connectivity index (χ0v) is 10.3. The number of methoxy groups -OCH3 is 1. The van der Waals surface area contributed by atoms with Gasteiger partial charge in [0.2, 0.25) is 0 Å². The Morgan fingerprint density at radius 1 is 1.19 bits per heavy atom. The minimum atomic E-state index is 1.09. The van der Waals surface area contributed by atoms with Gasteiger partial charge < -0.3 is 4.74 Å². The summed E-state index contributed by atoms with van der Waals surface area (Å²) in [6.45, 7) is 2.25. The SMILES string of the molecule is CCCCCC1=C(OC)c2ccccc2C1. The first-order valence-corrected chi connectivity index (χ1v) is 6.21. The molecule has 0 amide bonds. The Morgan fingerprint density at radius 2 is 2.00 bits per heavy atom. The van der Waals surface area contributed by atoms with E-state index in [0.717, 1.165) is 12.2 Å². The van der Waals surface area contributed by atoms with Crippen molar-refractivity contribution in [1.29, 1.82) is 0 Å². The molecule has 0 radical (unpaired) electrons. The third-order valence-electron chi connectivity index (χ3n) is 3.27. The summed E-state index contributed by atoms with van der Waals surface area (Å²) >= 11 is 0. The molecule has 0 heterocycles. The summed E-state index contributed by atoms with van der Waals surface area (Å²) in [4.78, 5) is 0. The van der Waals surface area contributed by atoms with Gasteiger partial charge in [-0.15, -0.1) is 0 Å². The fourth-order valence-electron chi connectivity index (χ4n) is 2.44. The monoisotopic (exact) mass is 216 g/mol. The Balaban J connectivity index is 2.14. The standard InChI is InChI=1S/C15H20O/c1-3-4-5-9-13-11-12-8-6-7-10-14(12)15(13)16-2/h6-8,10H,3-5,9,11H2,1-2H3. The molecule has 0 unspecified atom stereocenters. The molecule has 86 valence electrons. The number of allylic oxidation sites excluding steroid dienone is 1. The van der Waals surface area contributed by atoms with Gasteiger partial charge in [0.25, 0.3) is 0 Å². The van der Waals surface area contributed by atoms with E-state index in [1.54, 1.807) is 7.11 Å². The van der Waals surface area contributed by atoms with Crippen LogP contribution in [-0.4, -0.2) is 7.11 Å². The smallest absolute Gasteiger partial charge is 0.125 e. The van der Waals surface area contributed by atoms with Crippen molar-refractivity contribution >= 4 is 5.76 Å². The van der Waals surface area contributed by atoms with Gasteiger partial charge in [-0.2, -0.15) is 0 Å².